The Kier molecular flexibility index (Phi) is 4.76. The summed E-state index contributed by atoms with van der Waals surface area (Å²) in [6, 6.07) is 7.05. The van der Waals surface area contributed by atoms with Crippen molar-refractivity contribution in [2.75, 3.05) is 23.3 Å². The molecule has 1 aromatic carbocycles. The van der Waals surface area contributed by atoms with Gasteiger partial charge in [-0.2, -0.15) is 0 Å². The van der Waals surface area contributed by atoms with Crippen LogP contribution < -0.4 is 15.5 Å². The molecule has 0 saturated carbocycles. The van der Waals surface area contributed by atoms with Crippen molar-refractivity contribution in [1.29, 1.82) is 0 Å². The number of carbonyl (C=O) groups is 2. The smallest absolute Gasteiger partial charge is 0.319 e. The van der Waals surface area contributed by atoms with E-state index in [1.807, 2.05) is 18.2 Å². The van der Waals surface area contributed by atoms with Crippen molar-refractivity contribution in [1.82, 2.24) is 5.32 Å². The molecule has 0 atom stereocenters. The molecule has 1 aliphatic heterocycles. The van der Waals surface area contributed by atoms with Gasteiger partial charge in [0, 0.05) is 30.9 Å². The number of rotatable bonds is 4. The molecular formula is C15H19N3O2. The number of anilines is 2. The minimum Gasteiger partial charge on any atom is -0.334 e. The van der Waals surface area contributed by atoms with Crippen LogP contribution in [0.15, 0.2) is 36.9 Å². The van der Waals surface area contributed by atoms with Crippen molar-refractivity contribution in [3.8, 4) is 0 Å². The van der Waals surface area contributed by atoms with Crippen LogP contribution in [0.3, 0.4) is 0 Å². The van der Waals surface area contributed by atoms with E-state index in [0.717, 1.165) is 25.1 Å². The first-order valence-electron chi connectivity index (χ1n) is 6.77. The molecule has 0 radical (unpaired) electrons. The fraction of sp³-hybridized carbons (Fsp3) is 0.333. The predicted molar refractivity (Wildman–Crippen MR) is 79.9 cm³/mol. The first kappa shape index (κ1) is 14.1. The highest BCUT2D eigenvalue weighted by Crippen LogP contribution is 2.23. The summed E-state index contributed by atoms with van der Waals surface area (Å²) in [6.07, 6.45) is 4.18. The minimum atomic E-state index is -0.285. The number of hydrogen-bond acceptors (Lipinski definition) is 2. The lowest BCUT2D eigenvalue weighted by atomic mass is 10.1. The van der Waals surface area contributed by atoms with E-state index in [4.69, 9.17) is 0 Å². The van der Waals surface area contributed by atoms with E-state index >= 15 is 0 Å². The van der Waals surface area contributed by atoms with Gasteiger partial charge in [0.2, 0.25) is 5.91 Å². The van der Waals surface area contributed by atoms with Gasteiger partial charge >= 0.3 is 6.03 Å². The van der Waals surface area contributed by atoms with Crippen molar-refractivity contribution in [2.24, 2.45) is 0 Å². The molecule has 0 aromatic heterocycles. The molecule has 0 aliphatic carbocycles. The summed E-state index contributed by atoms with van der Waals surface area (Å²) in [5, 5.41) is 5.38. The molecule has 1 fully saturated rings. The van der Waals surface area contributed by atoms with Crippen molar-refractivity contribution in [3.63, 3.8) is 0 Å². The first-order chi connectivity index (χ1) is 9.70. The number of nitrogens with one attached hydrogen (secondary N) is 2. The molecule has 20 heavy (non-hydrogen) atoms. The Balaban J connectivity index is 2.05. The summed E-state index contributed by atoms with van der Waals surface area (Å²) in [6.45, 7) is 4.69. The lowest BCUT2D eigenvalue weighted by molar-refractivity contribution is -0.119. The van der Waals surface area contributed by atoms with Crippen LogP contribution in [0.5, 0.6) is 0 Å². The first-order valence-corrected chi connectivity index (χ1v) is 6.77. The van der Waals surface area contributed by atoms with E-state index in [0.29, 0.717) is 18.7 Å². The van der Waals surface area contributed by atoms with Gasteiger partial charge in [0.15, 0.2) is 0 Å². The zero-order valence-corrected chi connectivity index (χ0v) is 11.4. The molecule has 1 heterocycles. The van der Waals surface area contributed by atoms with Crippen LogP contribution in [0, 0.1) is 0 Å². The molecule has 2 rings (SSSR count). The van der Waals surface area contributed by atoms with Crippen molar-refractivity contribution in [3.05, 3.63) is 36.9 Å². The molecule has 1 saturated heterocycles. The molecule has 2 N–H and O–H groups in total. The lowest BCUT2D eigenvalue weighted by Crippen LogP contribution is -2.35. The maximum Gasteiger partial charge on any atom is 0.319 e. The summed E-state index contributed by atoms with van der Waals surface area (Å²) in [5.74, 6) is 0.143. The number of hydrogen-bond donors (Lipinski definition) is 2. The van der Waals surface area contributed by atoms with Gasteiger partial charge in [-0.25, -0.2) is 4.79 Å². The molecule has 106 valence electrons. The second-order valence-electron chi connectivity index (χ2n) is 4.68. The van der Waals surface area contributed by atoms with E-state index in [1.165, 1.54) is 0 Å². The standard InChI is InChI=1S/C15H19N3O2/c1-2-9-16-15(20)17-12-6-5-7-13(11-12)18-10-4-3-8-14(18)19/h2,5-7,11H,1,3-4,8-10H2,(H2,16,17,20). The summed E-state index contributed by atoms with van der Waals surface area (Å²) >= 11 is 0. The molecule has 0 unspecified atom stereocenters. The Morgan fingerprint density at radius 2 is 2.25 bits per heavy atom. The van der Waals surface area contributed by atoms with Gasteiger partial charge in [0.05, 0.1) is 0 Å². The zero-order valence-electron chi connectivity index (χ0n) is 11.4. The Hall–Kier alpha value is -2.30. The third-order valence-electron chi connectivity index (χ3n) is 3.15. The van der Waals surface area contributed by atoms with Crippen molar-refractivity contribution >= 4 is 23.3 Å². The van der Waals surface area contributed by atoms with Crippen LogP contribution in [-0.4, -0.2) is 25.0 Å². The average Bonchev–Trinajstić information content (AvgIpc) is 2.46. The zero-order chi connectivity index (χ0) is 14.4. The highest BCUT2D eigenvalue weighted by atomic mass is 16.2. The van der Waals surface area contributed by atoms with E-state index in [1.54, 1.807) is 17.0 Å². The van der Waals surface area contributed by atoms with Gasteiger partial charge in [-0.05, 0) is 31.0 Å². The molecule has 0 bridgehead atoms. The number of nitrogens with zero attached hydrogens (tertiary/aromatic N) is 1. The number of urea groups is 1. The molecule has 1 aliphatic rings. The van der Waals surface area contributed by atoms with Crippen LogP contribution in [0.25, 0.3) is 0 Å². The van der Waals surface area contributed by atoms with Crippen LogP contribution >= 0.6 is 0 Å². The summed E-state index contributed by atoms with van der Waals surface area (Å²) in [4.78, 5) is 25.2. The lowest BCUT2D eigenvalue weighted by Gasteiger charge is -2.27. The van der Waals surface area contributed by atoms with Crippen LogP contribution in [0.4, 0.5) is 16.2 Å². The maximum atomic E-state index is 11.9. The molecule has 0 spiro atoms. The van der Waals surface area contributed by atoms with Crippen LogP contribution in [0.1, 0.15) is 19.3 Å². The minimum absolute atomic E-state index is 0.143. The topological polar surface area (TPSA) is 61.4 Å². The van der Waals surface area contributed by atoms with Crippen LogP contribution in [0.2, 0.25) is 0 Å². The van der Waals surface area contributed by atoms with E-state index < -0.39 is 0 Å². The van der Waals surface area contributed by atoms with Gasteiger partial charge in [0.1, 0.15) is 0 Å². The Labute approximate surface area is 118 Å². The second-order valence-corrected chi connectivity index (χ2v) is 4.68. The number of amides is 3. The van der Waals surface area contributed by atoms with E-state index in [9.17, 15) is 9.59 Å². The number of piperidine rings is 1. The SMILES string of the molecule is C=CCNC(=O)Nc1cccc(N2CCCCC2=O)c1. The highest BCUT2D eigenvalue weighted by molar-refractivity contribution is 5.95. The van der Waals surface area contributed by atoms with Crippen molar-refractivity contribution in [2.45, 2.75) is 19.3 Å². The largest absolute Gasteiger partial charge is 0.334 e. The Morgan fingerprint density at radius 3 is 3.00 bits per heavy atom. The van der Waals surface area contributed by atoms with Gasteiger partial charge in [-0.3, -0.25) is 4.79 Å². The molecular weight excluding hydrogens is 254 g/mol. The van der Waals surface area contributed by atoms with Gasteiger partial charge < -0.3 is 15.5 Å². The normalized spacial score (nSPS) is 14.8. The van der Waals surface area contributed by atoms with E-state index in [2.05, 4.69) is 17.2 Å². The third-order valence-corrected chi connectivity index (χ3v) is 3.15. The summed E-state index contributed by atoms with van der Waals surface area (Å²) in [7, 11) is 0. The maximum absolute atomic E-state index is 11.9. The summed E-state index contributed by atoms with van der Waals surface area (Å²) in [5.41, 5.74) is 1.50. The summed E-state index contributed by atoms with van der Waals surface area (Å²) < 4.78 is 0. The number of benzene rings is 1. The average molecular weight is 273 g/mol. The van der Waals surface area contributed by atoms with Gasteiger partial charge in [-0.1, -0.05) is 12.1 Å². The van der Waals surface area contributed by atoms with Gasteiger partial charge in [0.25, 0.3) is 0 Å². The van der Waals surface area contributed by atoms with Crippen LogP contribution in [-0.2, 0) is 4.79 Å². The Morgan fingerprint density at radius 1 is 1.40 bits per heavy atom. The third kappa shape index (κ3) is 3.60. The number of carbonyl (C=O) groups excluding carboxylic acids is 2. The molecule has 3 amide bonds. The Bertz CT molecular complexity index is 514. The van der Waals surface area contributed by atoms with Gasteiger partial charge in [-0.15, -0.1) is 6.58 Å². The highest BCUT2D eigenvalue weighted by Gasteiger charge is 2.19. The fourth-order valence-corrected chi connectivity index (χ4v) is 2.17. The predicted octanol–water partition coefficient (Wildman–Crippen LogP) is 2.51. The van der Waals surface area contributed by atoms with E-state index in [-0.39, 0.29) is 11.9 Å². The molecule has 5 nitrogen and oxygen atoms in total. The fourth-order valence-electron chi connectivity index (χ4n) is 2.17. The second kappa shape index (κ2) is 6.75. The quantitative estimate of drug-likeness (QED) is 0.828. The molecule has 1 aromatic rings. The molecule has 5 heteroatoms. The monoisotopic (exact) mass is 273 g/mol. The van der Waals surface area contributed by atoms with Crippen molar-refractivity contribution < 1.29 is 9.59 Å².